The van der Waals surface area contributed by atoms with E-state index in [9.17, 15) is 14.4 Å². The standard InChI is InChI=1S/C21H23N3O5/c1-5-28-21(27)17-14(4)29-19-18(17)20(26)24(11-22-19)10-16(25)23-13(3)15-9-7-6-8-12(15)2/h6-9,11,13H,5,10H2,1-4H3,(H,23,25)/t13-/m1/s1. The van der Waals surface area contributed by atoms with E-state index in [2.05, 4.69) is 10.3 Å². The monoisotopic (exact) mass is 397 g/mol. The first kappa shape index (κ1) is 20.3. The highest BCUT2D eigenvalue weighted by atomic mass is 16.5. The van der Waals surface area contributed by atoms with Gasteiger partial charge in [0.2, 0.25) is 11.6 Å². The summed E-state index contributed by atoms with van der Waals surface area (Å²) >= 11 is 0. The van der Waals surface area contributed by atoms with Crippen molar-refractivity contribution in [3.05, 3.63) is 63.4 Å². The van der Waals surface area contributed by atoms with Crippen LogP contribution in [-0.4, -0.2) is 28.0 Å². The lowest BCUT2D eigenvalue weighted by atomic mass is 10.0. The first-order valence-corrected chi connectivity index (χ1v) is 9.34. The summed E-state index contributed by atoms with van der Waals surface area (Å²) in [6, 6.07) is 7.54. The first-order chi connectivity index (χ1) is 13.8. The van der Waals surface area contributed by atoms with Gasteiger partial charge in [0.15, 0.2) is 0 Å². The van der Waals surface area contributed by atoms with Gasteiger partial charge in [-0.15, -0.1) is 0 Å². The summed E-state index contributed by atoms with van der Waals surface area (Å²) in [5.74, 6) is -0.752. The topological polar surface area (TPSA) is 103 Å². The minimum Gasteiger partial charge on any atom is -0.462 e. The fraction of sp³-hybridized carbons (Fsp3) is 0.333. The number of ether oxygens (including phenoxy) is 1. The minimum atomic E-state index is -0.655. The highest BCUT2D eigenvalue weighted by molar-refractivity contribution is 6.03. The Morgan fingerprint density at radius 2 is 2.00 bits per heavy atom. The molecule has 0 unspecified atom stereocenters. The molecule has 0 fully saturated rings. The van der Waals surface area contributed by atoms with Crippen LogP contribution in [0.1, 0.15) is 47.1 Å². The average molecular weight is 397 g/mol. The van der Waals surface area contributed by atoms with E-state index >= 15 is 0 Å². The van der Waals surface area contributed by atoms with E-state index < -0.39 is 11.5 Å². The zero-order valence-electron chi connectivity index (χ0n) is 16.8. The third kappa shape index (κ3) is 4.06. The van der Waals surface area contributed by atoms with E-state index in [-0.39, 0.29) is 47.5 Å². The molecule has 2 aromatic heterocycles. The molecule has 0 saturated carbocycles. The Morgan fingerprint density at radius 1 is 1.28 bits per heavy atom. The Balaban J connectivity index is 1.87. The van der Waals surface area contributed by atoms with Crippen molar-refractivity contribution in [1.82, 2.24) is 14.9 Å². The smallest absolute Gasteiger partial charge is 0.342 e. The number of carbonyl (C=O) groups excluding carboxylic acids is 2. The summed E-state index contributed by atoms with van der Waals surface area (Å²) < 4.78 is 11.6. The molecule has 0 aliphatic rings. The number of aromatic nitrogens is 2. The number of nitrogens with one attached hydrogen (secondary N) is 1. The van der Waals surface area contributed by atoms with Crippen molar-refractivity contribution in [2.75, 3.05) is 6.61 Å². The van der Waals surface area contributed by atoms with Crippen molar-refractivity contribution in [3.63, 3.8) is 0 Å². The minimum absolute atomic E-state index is 0.0169. The SMILES string of the molecule is CCOC(=O)c1c(C)oc2ncn(CC(=O)N[C@H](C)c3ccccc3C)c(=O)c12. The number of amides is 1. The van der Waals surface area contributed by atoms with E-state index in [1.54, 1.807) is 13.8 Å². The van der Waals surface area contributed by atoms with Crippen LogP contribution in [0.4, 0.5) is 0 Å². The second kappa shape index (κ2) is 8.30. The summed E-state index contributed by atoms with van der Waals surface area (Å²) in [6.07, 6.45) is 1.24. The number of benzene rings is 1. The molecule has 1 amide bonds. The molecule has 2 heterocycles. The van der Waals surface area contributed by atoms with Crippen molar-refractivity contribution >= 4 is 23.0 Å². The number of hydrogen-bond acceptors (Lipinski definition) is 6. The molecule has 8 nitrogen and oxygen atoms in total. The highest BCUT2D eigenvalue weighted by Crippen LogP contribution is 2.22. The predicted molar refractivity (Wildman–Crippen MR) is 107 cm³/mol. The van der Waals surface area contributed by atoms with Crippen LogP contribution in [0.3, 0.4) is 0 Å². The number of carbonyl (C=O) groups is 2. The largest absolute Gasteiger partial charge is 0.462 e. The predicted octanol–water partition coefficient (Wildman–Crippen LogP) is 2.66. The van der Waals surface area contributed by atoms with Gasteiger partial charge < -0.3 is 14.5 Å². The normalized spacial score (nSPS) is 12.0. The molecule has 3 aromatic rings. The summed E-state index contributed by atoms with van der Waals surface area (Å²) in [6.45, 7) is 7.02. The Morgan fingerprint density at radius 3 is 2.69 bits per heavy atom. The maximum atomic E-state index is 12.9. The molecular formula is C21H23N3O5. The molecule has 0 aliphatic carbocycles. The van der Waals surface area contributed by atoms with Crippen LogP contribution in [0.25, 0.3) is 11.1 Å². The molecule has 152 valence electrons. The van der Waals surface area contributed by atoms with Gasteiger partial charge in [-0.3, -0.25) is 14.2 Å². The van der Waals surface area contributed by atoms with Crippen LogP contribution in [-0.2, 0) is 16.1 Å². The van der Waals surface area contributed by atoms with Crippen LogP contribution >= 0.6 is 0 Å². The zero-order valence-corrected chi connectivity index (χ0v) is 16.8. The molecule has 0 radical (unpaired) electrons. The van der Waals surface area contributed by atoms with Crippen LogP contribution in [0.5, 0.6) is 0 Å². The van der Waals surface area contributed by atoms with Gasteiger partial charge in [0.05, 0.1) is 12.6 Å². The van der Waals surface area contributed by atoms with Crippen molar-refractivity contribution < 1.29 is 18.7 Å². The molecule has 8 heteroatoms. The maximum absolute atomic E-state index is 12.9. The molecule has 1 aromatic carbocycles. The summed E-state index contributed by atoms with van der Waals surface area (Å²) in [5, 5.41) is 2.90. The molecule has 1 atom stereocenters. The van der Waals surface area contributed by atoms with Gasteiger partial charge in [-0.1, -0.05) is 24.3 Å². The summed E-state index contributed by atoms with van der Waals surface area (Å²) in [4.78, 5) is 41.7. The Kier molecular flexibility index (Phi) is 5.81. The number of nitrogens with zero attached hydrogens (tertiary/aromatic N) is 2. The van der Waals surface area contributed by atoms with Crippen LogP contribution in [0, 0.1) is 13.8 Å². The quantitative estimate of drug-likeness (QED) is 0.642. The van der Waals surface area contributed by atoms with Crippen LogP contribution < -0.4 is 10.9 Å². The second-order valence-electron chi connectivity index (χ2n) is 6.76. The third-order valence-corrected chi connectivity index (χ3v) is 4.68. The molecule has 0 spiro atoms. The Bertz CT molecular complexity index is 1130. The fourth-order valence-electron chi connectivity index (χ4n) is 3.29. The van der Waals surface area contributed by atoms with E-state index in [1.165, 1.54) is 6.33 Å². The van der Waals surface area contributed by atoms with Crippen LogP contribution in [0.2, 0.25) is 0 Å². The summed E-state index contributed by atoms with van der Waals surface area (Å²) in [5.41, 5.74) is 1.61. The van der Waals surface area contributed by atoms with Gasteiger partial charge in [0, 0.05) is 0 Å². The average Bonchev–Trinajstić information content (AvgIpc) is 3.01. The van der Waals surface area contributed by atoms with Crippen molar-refractivity contribution in [2.45, 2.75) is 40.3 Å². The number of furan rings is 1. The Hall–Kier alpha value is -3.42. The molecular weight excluding hydrogens is 374 g/mol. The number of fused-ring (bicyclic) bond motifs is 1. The van der Waals surface area contributed by atoms with Crippen molar-refractivity contribution in [3.8, 4) is 0 Å². The molecule has 3 rings (SSSR count). The van der Waals surface area contributed by atoms with E-state index in [0.29, 0.717) is 0 Å². The lowest BCUT2D eigenvalue weighted by Gasteiger charge is -2.17. The van der Waals surface area contributed by atoms with E-state index in [4.69, 9.17) is 9.15 Å². The number of hydrogen-bond donors (Lipinski definition) is 1. The highest BCUT2D eigenvalue weighted by Gasteiger charge is 2.24. The summed E-state index contributed by atoms with van der Waals surface area (Å²) in [7, 11) is 0. The van der Waals surface area contributed by atoms with Gasteiger partial charge in [0.25, 0.3) is 5.56 Å². The second-order valence-corrected chi connectivity index (χ2v) is 6.76. The Labute approximate surface area is 167 Å². The van der Waals surface area contributed by atoms with Crippen LogP contribution in [0.15, 0.2) is 39.8 Å². The molecule has 0 bridgehead atoms. The molecule has 29 heavy (non-hydrogen) atoms. The van der Waals surface area contributed by atoms with Gasteiger partial charge in [-0.2, -0.15) is 0 Å². The first-order valence-electron chi connectivity index (χ1n) is 9.34. The maximum Gasteiger partial charge on any atom is 0.342 e. The number of aryl methyl sites for hydroxylation is 2. The molecule has 1 N–H and O–H groups in total. The number of rotatable bonds is 6. The van der Waals surface area contributed by atoms with E-state index in [1.807, 2.05) is 38.1 Å². The van der Waals surface area contributed by atoms with Crippen molar-refractivity contribution in [2.24, 2.45) is 0 Å². The van der Waals surface area contributed by atoms with Gasteiger partial charge in [-0.05, 0) is 38.8 Å². The lowest BCUT2D eigenvalue weighted by molar-refractivity contribution is -0.122. The van der Waals surface area contributed by atoms with Gasteiger partial charge in [-0.25, -0.2) is 9.78 Å². The van der Waals surface area contributed by atoms with Gasteiger partial charge >= 0.3 is 5.97 Å². The fourth-order valence-corrected chi connectivity index (χ4v) is 3.29. The van der Waals surface area contributed by atoms with E-state index in [0.717, 1.165) is 15.7 Å². The number of esters is 1. The van der Waals surface area contributed by atoms with Gasteiger partial charge in [0.1, 0.15) is 29.6 Å². The zero-order chi connectivity index (χ0) is 21.1. The lowest BCUT2D eigenvalue weighted by Crippen LogP contribution is -2.34. The molecule has 0 saturated heterocycles. The third-order valence-electron chi connectivity index (χ3n) is 4.68. The van der Waals surface area contributed by atoms with Crippen molar-refractivity contribution in [1.29, 1.82) is 0 Å². The molecule has 0 aliphatic heterocycles.